The molecule has 2 rings (SSSR count). The maximum Gasteiger partial charge on any atom is 0.0606 e. The molecule has 0 saturated heterocycles. The number of hydrogen-bond donors (Lipinski definition) is 1. The van der Waals surface area contributed by atoms with Crippen LogP contribution in [0.15, 0.2) is 60.7 Å². The van der Waals surface area contributed by atoms with E-state index in [0.717, 1.165) is 12.8 Å². The van der Waals surface area contributed by atoms with Gasteiger partial charge in [-0.05, 0) is 30.5 Å². The Labute approximate surface area is 134 Å². The Morgan fingerprint density at radius 3 is 2.18 bits per heavy atom. The van der Waals surface area contributed by atoms with Gasteiger partial charge in [0, 0.05) is 18.3 Å². The molecule has 2 nitrogen and oxygen atoms in total. The van der Waals surface area contributed by atoms with Gasteiger partial charge in [-0.15, -0.1) is 0 Å². The van der Waals surface area contributed by atoms with Crippen LogP contribution in [0.2, 0.25) is 0 Å². The van der Waals surface area contributed by atoms with Crippen LogP contribution in [-0.4, -0.2) is 24.3 Å². The fourth-order valence-electron chi connectivity index (χ4n) is 2.94. The Morgan fingerprint density at radius 2 is 1.59 bits per heavy atom. The van der Waals surface area contributed by atoms with E-state index in [1.807, 2.05) is 6.07 Å². The molecular weight excluding hydrogens is 270 g/mol. The van der Waals surface area contributed by atoms with E-state index in [9.17, 15) is 5.11 Å². The van der Waals surface area contributed by atoms with Crippen molar-refractivity contribution in [1.82, 2.24) is 0 Å². The summed E-state index contributed by atoms with van der Waals surface area (Å²) in [4.78, 5) is 2.36. The van der Waals surface area contributed by atoms with Gasteiger partial charge < -0.3 is 10.0 Å². The molecule has 0 spiro atoms. The van der Waals surface area contributed by atoms with Crippen LogP contribution in [-0.2, 0) is 6.42 Å². The lowest BCUT2D eigenvalue weighted by molar-refractivity contribution is 0.295. The molecule has 2 heteroatoms. The lowest BCUT2D eigenvalue weighted by atomic mass is 9.98. The average Bonchev–Trinajstić information content (AvgIpc) is 2.58. The first-order valence-electron chi connectivity index (χ1n) is 8.31. The quantitative estimate of drug-likeness (QED) is 0.746. The van der Waals surface area contributed by atoms with Crippen molar-refractivity contribution in [3.8, 4) is 0 Å². The minimum Gasteiger partial charge on any atom is -0.395 e. The van der Waals surface area contributed by atoms with Gasteiger partial charge >= 0.3 is 0 Å². The van der Waals surface area contributed by atoms with Gasteiger partial charge in [0.1, 0.15) is 0 Å². The number of para-hydroxylation sites is 1. The fourth-order valence-corrected chi connectivity index (χ4v) is 2.94. The number of nitrogens with zero attached hydrogens (tertiary/aromatic N) is 1. The molecule has 0 aliphatic heterocycles. The van der Waals surface area contributed by atoms with Crippen LogP contribution >= 0.6 is 0 Å². The van der Waals surface area contributed by atoms with E-state index in [1.165, 1.54) is 24.1 Å². The zero-order valence-electron chi connectivity index (χ0n) is 13.5. The lowest BCUT2D eigenvalue weighted by Gasteiger charge is -2.34. The predicted octanol–water partition coefficient (Wildman–Crippen LogP) is 4.29. The predicted molar refractivity (Wildman–Crippen MR) is 94.3 cm³/mol. The van der Waals surface area contributed by atoms with Gasteiger partial charge in [0.05, 0.1) is 6.61 Å². The molecule has 0 saturated carbocycles. The van der Waals surface area contributed by atoms with Crippen molar-refractivity contribution in [3.63, 3.8) is 0 Å². The molecular formula is C20H27NO. The summed E-state index contributed by atoms with van der Waals surface area (Å²) in [6, 6.07) is 21.5. The molecule has 0 heterocycles. The van der Waals surface area contributed by atoms with E-state index >= 15 is 0 Å². The first-order chi connectivity index (χ1) is 10.8. The monoisotopic (exact) mass is 297 g/mol. The normalized spacial score (nSPS) is 12.1. The van der Waals surface area contributed by atoms with E-state index in [0.29, 0.717) is 12.6 Å². The summed E-state index contributed by atoms with van der Waals surface area (Å²) in [5.41, 5.74) is 2.57. The van der Waals surface area contributed by atoms with Crippen molar-refractivity contribution in [2.45, 2.75) is 38.6 Å². The number of rotatable bonds is 9. The largest absolute Gasteiger partial charge is 0.395 e. The van der Waals surface area contributed by atoms with Crippen molar-refractivity contribution >= 4 is 5.69 Å². The Morgan fingerprint density at radius 1 is 0.955 bits per heavy atom. The summed E-state index contributed by atoms with van der Waals surface area (Å²) >= 11 is 0. The zero-order chi connectivity index (χ0) is 15.6. The van der Waals surface area contributed by atoms with Gasteiger partial charge in [-0.3, -0.25) is 0 Å². The lowest BCUT2D eigenvalue weighted by Crippen LogP contribution is -2.39. The van der Waals surface area contributed by atoms with E-state index in [2.05, 4.69) is 66.4 Å². The zero-order valence-corrected chi connectivity index (χ0v) is 13.5. The van der Waals surface area contributed by atoms with E-state index in [-0.39, 0.29) is 6.61 Å². The minimum atomic E-state index is 0.187. The standard InChI is InChI=1S/C20H27NO/c1-2-3-12-20(17-18-10-6-4-7-11-18)21(15-16-22)19-13-8-5-9-14-19/h4-11,13-14,20,22H,2-3,12,15-17H2,1H3. The molecule has 22 heavy (non-hydrogen) atoms. The van der Waals surface area contributed by atoms with Crippen LogP contribution in [0.25, 0.3) is 0 Å². The Balaban J connectivity index is 2.19. The molecule has 2 aromatic rings. The summed E-state index contributed by atoms with van der Waals surface area (Å²) in [7, 11) is 0. The molecule has 0 amide bonds. The van der Waals surface area contributed by atoms with Crippen LogP contribution in [0.4, 0.5) is 5.69 Å². The molecule has 2 aromatic carbocycles. The van der Waals surface area contributed by atoms with E-state index in [4.69, 9.17) is 0 Å². The fraction of sp³-hybridized carbons (Fsp3) is 0.400. The molecule has 0 aromatic heterocycles. The molecule has 118 valence electrons. The third kappa shape index (κ3) is 4.88. The molecule has 1 N–H and O–H groups in total. The topological polar surface area (TPSA) is 23.5 Å². The van der Waals surface area contributed by atoms with Gasteiger partial charge in [-0.25, -0.2) is 0 Å². The van der Waals surface area contributed by atoms with Crippen molar-refractivity contribution in [2.24, 2.45) is 0 Å². The van der Waals surface area contributed by atoms with Gasteiger partial charge in [-0.1, -0.05) is 68.3 Å². The molecule has 0 aliphatic carbocycles. The maximum atomic E-state index is 9.50. The van der Waals surface area contributed by atoms with Crippen molar-refractivity contribution < 1.29 is 5.11 Å². The molecule has 1 atom stereocenters. The number of benzene rings is 2. The highest BCUT2D eigenvalue weighted by molar-refractivity contribution is 5.47. The van der Waals surface area contributed by atoms with Crippen LogP contribution in [0, 0.1) is 0 Å². The van der Waals surface area contributed by atoms with E-state index < -0.39 is 0 Å². The van der Waals surface area contributed by atoms with Crippen molar-refractivity contribution in [3.05, 3.63) is 66.2 Å². The SMILES string of the molecule is CCCCC(Cc1ccccc1)N(CCO)c1ccccc1. The number of aliphatic hydroxyl groups is 1. The average molecular weight is 297 g/mol. The molecule has 1 unspecified atom stereocenters. The smallest absolute Gasteiger partial charge is 0.0606 e. The summed E-state index contributed by atoms with van der Waals surface area (Å²) in [6.45, 7) is 3.11. The number of anilines is 1. The van der Waals surface area contributed by atoms with Gasteiger partial charge in [0.2, 0.25) is 0 Å². The van der Waals surface area contributed by atoms with E-state index in [1.54, 1.807) is 0 Å². The first-order valence-corrected chi connectivity index (χ1v) is 8.31. The summed E-state index contributed by atoms with van der Waals surface area (Å²) in [6.07, 6.45) is 4.59. The second-order valence-electron chi connectivity index (χ2n) is 5.74. The summed E-state index contributed by atoms with van der Waals surface area (Å²) < 4.78 is 0. The summed E-state index contributed by atoms with van der Waals surface area (Å²) in [5.74, 6) is 0. The van der Waals surface area contributed by atoms with Crippen LogP contribution in [0.5, 0.6) is 0 Å². The van der Waals surface area contributed by atoms with Crippen molar-refractivity contribution in [2.75, 3.05) is 18.1 Å². The minimum absolute atomic E-state index is 0.187. The first kappa shape index (κ1) is 16.6. The Kier molecular flexibility index (Phi) is 6.98. The number of hydrogen-bond acceptors (Lipinski definition) is 2. The third-order valence-corrected chi connectivity index (χ3v) is 4.07. The molecule has 0 radical (unpaired) electrons. The van der Waals surface area contributed by atoms with Gasteiger partial charge in [0.25, 0.3) is 0 Å². The number of aliphatic hydroxyl groups excluding tert-OH is 1. The second-order valence-corrected chi connectivity index (χ2v) is 5.74. The van der Waals surface area contributed by atoms with Crippen LogP contribution in [0.3, 0.4) is 0 Å². The Hall–Kier alpha value is -1.80. The Bertz CT molecular complexity index is 512. The summed E-state index contributed by atoms with van der Waals surface area (Å²) in [5, 5.41) is 9.50. The van der Waals surface area contributed by atoms with Gasteiger partial charge in [-0.2, -0.15) is 0 Å². The van der Waals surface area contributed by atoms with Crippen molar-refractivity contribution in [1.29, 1.82) is 0 Å². The maximum absolute atomic E-state index is 9.50. The number of unbranched alkanes of at least 4 members (excludes halogenated alkanes) is 1. The van der Waals surface area contributed by atoms with Gasteiger partial charge in [0.15, 0.2) is 0 Å². The highest BCUT2D eigenvalue weighted by Crippen LogP contribution is 2.22. The second kappa shape index (κ2) is 9.26. The molecule has 0 aliphatic rings. The molecule has 0 fully saturated rings. The third-order valence-electron chi connectivity index (χ3n) is 4.07. The highest BCUT2D eigenvalue weighted by Gasteiger charge is 2.18. The van der Waals surface area contributed by atoms with Crippen LogP contribution in [0.1, 0.15) is 31.7 Å². The molecule has 0 bridgehead atoms. The highest BCUT2D eigenvalue weighted by atomic mass is 16.3. The van der Waals surface area contributed by atoms with Crippen LogP contribution < -0.4 is 4.90 Å².